The summed E-state index contributed by atoms with van der Waals surface area (Å²) in [6.07, 6.45) is 15.5. The van der Waals surface area contributed by atoms with E-state index in [2.05, 4.69) is 13.8 Å². The SMILES string of the molecule is CCCCCCCCC(C=CC=O)OCCCC. The Morgan fingerprint density at radius 3 is 2.28 bits per heavy atom. The zero-order chi connectivity index (χ0) is 13.5. The lowest BCUT2D eigenvalue weighted by atomic mass is 10.1. The fraction of sp³-hybridized carbons (Fsp3) is 0.812. The number of unbranched alkanes of at least 4 members (excludes halogenated alkanes) is 6. The van der Waals surface area contributed by atoms with E-state index < -0.39 is 0 Å². The minimum absolute atomic E-state index is 0.132. The van der Waals surface area contributed by atoms with Crippen molar-refractivity contribution in [2.75, 3.05) is 6.61 Å². The van der Waals surface area contributed by atoms with E-state index >= 15 is 0 Å². The highest BCUT2D eigenvalue weighted by atomic mass is 16.5. The van der Waals surface area contributed by atoms with Crippen molar-refractivity contribution in [2.45, 2.75) is 77.7 Å². The van der Waals surface area contributed by atoms with Gasteiger partial charge in [0.2, 0.25) is 0 Å². The summed E-state index contributed by atoms with van der Waals surface area (Å²) < 4.78 is 5.77. The van der Waals surface area contributed by atoms with E-state index in [1.54, 1.807) is 6.08 Å². The molecule has 0 heterocycles. The Morgan fingerprint density at radius 1 is 0.944 bits per heavy atom. The molecule has 0 saturated heterocycles. The third kappa shape index (κ3) is 11.8. The largest absolute Gasteiger partial charge is 0.374 e. The maximum Gasteiger partial charge on any atom is 0.142 e. The number of carbonyl (C=O) groups excluding carboxylic acids is 1. The molecule has 0 aromatic heterocycles. The molecular formula is C16H30O2. The Bertz CT molecular complexity index is 199. The first-order valence-corrected chi connectivity index (χ1v) is 7.58. The second-order valence-electron chi connectivity index (χ2n) is 4.84. The summed E-state index contributed by atoms with van der Waals surface area (Å²) in [6.45, 7) is 5.20. The van der Waals surface area contributed by atoms with E-state index in [1.165, 1.54) is 38.5 Å². The average molecular weight is 254 g/mol. The molecular weight excluding hydrogens is 224 g/mol. The molecule has 0 aliphatic rings. The van der Waals surface area contributed by atoms with Crippen LogP contribution in [0.1, 0.15) is 71.6 Å². The number of allylic oxidation sites excluding steroid dienone is 1. The first-order chi connectivity index (χ1) is 8.85. The third-order valence-electron chi connectivity index (χ3n) is 3.08. The maximum absolute atomic E-state index is 10.3. The van der Waals surface area contributed by atoms with Crippen molar-refractivity contribution in [3.05, 3.63) is 12.2 Å². The lowest BCUT2D eigenvalue weighted by molar-refractivity contribution is -0.104. The normalized spacial score (nSPS) is 13.0. The highest BCUT2D eigenvalue weighted by Gasteiger charge is 2.04. The predicted molar refractivity (Wildman–Crippen MR) is 77.8 cm³/mol. The number of hydrogen-bond acceptors (Lipinski definition) is 2. The second kappa shape index (κ2) is 14.4. The molecule has 0 aliphatic heterocycles. The van der Waals surface area contributed by atoms with Gasteiger partial charge in [0.1, 0.15) is 6.29 Å². The van der Waals surface area contributed by atoms with Crippen LogP contribution in [0.3, 0.4) is 0 Å². The topological polar surface area (TPSA) is 26.3 Å². The molecule has 106 valence electrons. The number of carbonyl (C=O) groups is 1. The monoisotopic (exact) mass is 254 g/mol. The van der Waals surface area contributed by atoms with Gasteiger partial charge in [-0.15, -0.1) is 0 Å². The van der Waals surface area contributed by atoms with Crippen LogP contribution in [0.15, 0.2) is 12.2 Å². The van der Waals surface area contributed by atoms with Crippen molar-refractivity contribution in [3.63, 3.8) is 0 Å². The van der Waals surface area contributed by atoms with Gasteiger partial charge in [-0.2, -0.15) is 0 Å². The van der Waals surface area contributed by atoms with Crippen LogP contribution in [0, 0.1) is 0 Å². The molecule has 0 N–H and O–H groups in total. The van der Waals surface area contributed by atoms with Crippen LogP contribution in [0.5, 0.6) is 0 Å². The number of rotatable bonds is 13. The molecule has 2 heteroatoms. The fourth-order valence-electron chi connectivity index (χ4n) is 1.91. The first-order valence-electron chi connectivity index (χ1n) is 7.58. The summed E-state index contributed by atoms with van der Waals surface area (Å²) in [5, 5.41) is 0. The highest BCUT2D eigenvalue weighted by molar-refractivity contribution is 5.64. The van der Waals surface area contributed by atoms with Crippen molar-refractivity contribution in [3.8, 4) is 0 Å². The Labute approximate surface area is 113 Å². The minimum atomic E-state index is 0.132. The third-order valence-corrected chi connectivity index (χ3v) is 3.08. The summed E-state index contributed by atoms with van der Waals surface area (Å²) in [5.74, 6) is 0. The fourth-order valence-corrected chi connectivity index (χ4v) is 1.91. The van der Waals surface area contributed by atoms with Crippen LogP contribution in [0.2, 0.25) is 0 Å². The quantitative estimate of drug-likeness (QED) is 0.271. The predicted octanol–water partition coefficient (Wildman–Crippen LogP) is 4.68. The lowest BCUT2D eigenvalue weighted by Gasteiger charge is -2.13. The standard InChI is InChI=1S/C16H30O2/c1-3-5-7-8-9-10-12-16(13-11-14-17)18-15-6-4-2/h11,13-14,16H,3-10,12,15H2,1-2H3. The van der Waals surface area contributed by atoms with Crippen molar-refractivity contribution in [1.29, 1.82) is 0 Å². The summed E-state index contributed by atoms with van der Waals surface area (Å²) in [4.78, 5) is 10.3. The summed E-state index contributed by atoms with van der Waals surface area (Å²) in [7, 11) is 0. The van der Waals surface area contributed by atoms with Crippen LogP contribution in [0.4, 0.5) is 0 Å². The van der Waals surface area contributed by atoms with Gasteiger partial charge in [0, 0.05) is 6.61 Å². The van der Waals surface area contributed by atoms with Gasteiger partial charge in [0.15, 0.2) is 0 Å². The summed E-state index contributed by atoms with van der Waals surface area (Å²) in [5.41, 5.74) is 0. The Balaban J connectivity index is 3.65. The van der Waals surface area contributed by atoms with Gasteiger partial charge in [0.25, 0.3) is 0 Å². The van der Waals surface area contributed by atoms with Gasteiger partial charge in [0.05, 0.1) is 6.10 Å². The molecule has 0 aromatic rings. The van der Waals surface area contributed by atoms with Gasteiger partial charge in [-0.3, -0.25) is 4.79 Å². The van der Waals surface area contributed by atoms with Crippen molar-refractivity contribution >= 4 is 6.29 Å². The van der Waals surface area contributed by atoms with Crippen LogP contribution in [-0.2, 0) is 9.53 Å². The molecule has 18 heavy (non-hydrogen) atoms. The minimum Gasteiger partial charge on any atom is -0.374 e. The summed E-state index contributed by atoms with van der Waals surface area (Å²) >= 11 is 0. The molecule has 0 fully saturated rings. The molecule has 0 aromatic carbocycles. The molecule has 2 nitrogen and oxygen atoms in total. The first kappa shape index (κ1) is 17.4. The van der Waals surface area contributed by atoms with E-state index in [9.17, 15) is 4.79 Å². The number of aldehydes is 1. The van der Waals surface area contributed by atoms with Gasteiger partial charge in [-0.25, -0.2) is 0 Å². The molecule has 0 bridgehead atoms. The average Bonchev–Trinajstić information content (AvgIpc) is 2.39. The van der Waals surface area contributed by atoms with Crippen LogP contribution >= 0.6 is 0 Å². The van der Waals surface area contributed by atoms with Crippen molar-refractivity contribution in [2.24, 2.45) is 0 Å². The van der Waals surface area contributed by atoms with E-state index in [4.69, 9.17) is 4.74 Å². The Kier molecular flexibility index (Phi) is 13.9. The molecule has 0 saturated carbocycles. The van der Waals surface area contributed by atoms with E-state index in [0.717, 1.165) is 32.2 Å². The zero-order valence-electron chi connectivity index (χ0n) is 12.2. The van der Waals surface area contributed by atoms with Crippen LogP contribution < -0.4 is 0 Å². The van der Waals surface area contributed by atoms with Gasteiger partial charge >= 0.3 is 0 Å². The number of ether oxygens (including phenoxy) is 1. The molecule has 1 atom stereocenters. The zero-order valence-corrected chi connectivity index (χ0v) is 12.2. The van der Waals surface area contributed by atoms with Gasteiger partial charge in [-0.05, 0) is 18.9 Å². The number of hydrogen-bond donors (Lipinski definition) is 0. The lowest BCUT2D eigenvalue weighted by Crippen LogP contribution is -2.11. The molecule has 0 radical (unpaired) electrons. The van der Waals surface area contributed by atoms with E-state index in [-0.39, 0.29) is 6.10 Å². The maximum atomic E-state index is 10.3. The van der Waals surface area contributed by atoms with Crippen molar-refractivity contribution < 1.29 is 9.53 Å². The molecule has 0 spiro atoms. The van der Waals surface area contributed by atoms with E-state index in [1.807, 2.05) is 6.08 Å². The molecule has 0 rings (SSSR count). The van der Waals surface area contributed by atoms with Crippen molar-refractivity contribution in [1.82, 2.24) is 0 Å². The Morgan fingerprint density at radius 2 is 1.61 bits per heavy atom. The van der Waals surface area contributed by atoms with Gasteiger partial charge in [-0.1, -0.05) is 64.9 Å². The Hall–Kier alpha value is -0.630. The second-order valence-corrected chi connectivity index (χ2v) is 4.84. The summed E-state index contributed by atoms with van der Waals surface area (Å²) in [6, 6.07) is 0. The molecule has 0 aliphatic carbocycles. The van der Waals surface area contributed by atoms with Crippen LogP contribution in [-0.4, -0.2) is 19.0 Å². The smallest absolute Gasteiger partial charge is 0.142 e. The van der Waals surface area contributed by atoms with Gasteiger partial charge < -0.3 is 4.74 Å². The molecule has 0 amide bonds. The van der Waals surface area contributed by atoms with E-state index in [0.29, 0.717) is 0 Å². The van der Waals surface area contributed by atoms with Crippen LogP contribution in [0.25, 0.3) is 0 Å². The molecule has 1 unspecified atom stereocenters. The highest BCUT2D eigenvalue weighted by Crippen LogP contribution is 2.11.